The molecule has 1 aliphatic rings. The van der Waals surface area contributed by atoms with Crippen LogP contribution in [0.3, 0.4) is 0 Å². The van der Waals surface area contributed by atoms with Crippen LogP contribution in [-0.4, -0.2) is 29.6 Å². The Morgan fingerprint density at radius 2 is 2.22 bits per heavy atom. The van der Waals surface area contributed by atoms with Gasteiger partial charge in [0.15, 0.2) is 0 Å². The molecule has 3 rings (SSSR count). The molecule has 1 aromatic heterocycles. The second kappa shape index (κ2) is 7.06. The highest BCUT2D eigenvalue weighted by Gasteiger charge is 2.37. The summed E-state index contributed by atoms with van der Waals surface area (Å²) in [5.41, 5.74) is 2.93. The van der Waals surface area contributed by atoms with Crippen molar-refractivity contribution in [2.24, 2.45) is 5.92 Å². The number of nitrogens with zero attached hydrogens (tertiary/aromatic N) is 1. The number of aryl methyl sites for hydroxylation is 1. The molecule has 0 aliphatic carbocycles. The lowest BCUT2D eigenvalue weighted by Gasteiger charge is -2.45. The molecule has 2 nitrogen and oxygen atoms in total. The standard InChI is InChI=1S/C20H27NOS/c1-16-14-21(10-4-5-17-8-12-23-15-17)11-9-20(16,2)18-6-3-7-19(22)13-18/h3,6-8,12-13,15-16,22H,4-5,9-11,14H2,1-2H3/t16-,20-/m0/s1. The van der Waals surface area contributed by atoms with Crippen molar-refractivity contribution in [3.63, 3.8) is 0 Å². The number of hydrogen-bond acceptors (Lipinski definition) is 3. The summed E-state index contributed by atoms with van der Waals surface area (Å²) >= 11 is 1.79. The number of phenols is 1. The maximum absolute atomic E-state index is 9.79. The van der Waals surface area contributed by atoms with Crippen LogP contribution in [0.25, 0.3) is 0 Å². The third-order valence-corrected chi connectivity index (χ3v) is 6.32. The van der Waals surface area contributed by atoms with Crippen molar-refractivity contribution >= 4 is 11.3 Å². The molecule has 1 N–H and O–H groups in total. The average molecular weight is 330 g/mol. The molecule has 1 fully saturated rings. The third kappa shape index (κ3) is 3.78. The monoisotopic (exact) mass is 329 g/mol. The number of rotatable bonds is 5. The average Bonchev–Trinajstić information content (AvgIpc) is 3.04. The van der Waals surface area contributed by atoms with E-state index in [1.54, 1.807) is 17.4 Å². The first kappa shape index (κ1) is 16.5. The van der Waals surface area contributed by atoms with Gasteiger partial charge in [0.1, 0.15) is 5.75 Å². The number of hydrogen-bond donors (Lipinski definition) is 1. The molecule has 1 saturated heterocycles. The number of thiophene rings is 1. The highest BCUT2D eigenvalue weighted by Crippen LogP contribution is 2.40. The fourth-order valence-electron chi connectivity index (χ4n) is 3.75. The highest BCUT2D eigenvalue weighted by atomic mass is 32.1. The van der Waals surface area contributed by atoms with E-state index in [2.05, 4.69) is 41.6 Å². The van der Waals surface area contributed by atoms with E-state index in [0.717, 1.165) is 19.5 Å². The zero-order chi connectivity index (χ0) is 16.3. The first-order valence-corrected chi connectivity index (χ1v) is 9.55. The van der Waals surface area contributed by atoms with E-state index in [-0.39, 0.29) is 5.41 Å². The third-order valence-electron chi connectivity index (χ3n) is 5.59. The van der Waals surface area contributed by atoms with Crippen LogP contribution in [0.2, 0.25) is 0 Å². The molecule has 124 valence electrons. The van der Waals surface area contributed by atoms with Gasteiger partial charge < -0.3 is 10.0 Å². The van der Waals surface area contributed by atoms with Crippen molar-refractivity contribution in [3.05, 3.63) is 52.2 Å². The summed E-state index contributed by atoms with van der Waals surface area (Å²) in [7, 11) is 0. The second-order valence-corrected chi connectivity index (χ2v) is 7.93. The number of likely N-dealkylation sites (tertiary alicyclic amines) is 1. The van der Waals surface area contributed by atoms with Gasteiger partial charge in [-0.1, -0.05) is 26.0 Å². The van der Waals surface area contributed by atoms with Crippen LogP contribution < -0.4 is 0 Å². The SMILES string of the molecule is C[C@H]1CN(CCCc2ccsc2)CC[C@]1(C)c1cccc(O)c1. The van der Waals surface area contributed by atoms with E-state index in [1.165, 1.54) is 30.5 Å². The highest BCUT2D eigenvalue weighted by molar-refractivity contribution is 7.07. The minimum Gasteiger partial charge on any atom is -0.508 e. The largest absolute Gasteiger partial charge is 0.508 e. The number of phenolic OH excluding ortho intramolecular Hbond substituents is 1. The lowest BCUT2D eigenvalue weighted by atomic mass is 9.68. The van der Waals surface area contributed by atoms with E-state index < -0.39 is 0 Å². The Hall–Kier alpha value is -1.32. The lowest BCUT2D eigenvalue weighted by Crippen LogP contribution is -2.47. The van der Waals surface area contributed by atoms with Crippen molar-refractivity contribution in [2.45, 2.75) is 38.5 Å². The maximum atomic E-state index is 9.79. The van der Waals surface area contributed by atoms with Gasteiger partial charge in [-0.25, -0.2) is 0 Å². The van der Waals surface area contributed by atoms with E-state index in [1.807, 2.05) is 12.1 Å². The van der Waals surface area contributed by atoms with Crippen molar-refractivity contribution < 1.29 is 5.11 Å². The van der Waals surface area contributed by atoms with Gasteiger partial charge in [-0.05, 0) is 83.8 Å². The summed E-state index contributed by atoms with van der Waals surface area (Å²) in [4.78, 5) is 2.61. The Kier molecular flexibility index (Phi) is 5.08. The van der Waals surface area contributed by atoms with Gasteiger partial charge in [-0.2, -0.15) is 11.3 Å². The Bertz CT molecular complexity index is 624. The van der Waals surface area contributed by atoms with Crippen LogP contribution in [0.1, 0.15) is 37.8 Å². The first-order chi connectivity index (χ1) is 11.1. The van der Waals surface area contributed by atoms with Gasteiger partial charge in [0.25, 0.3) is 0 Å². The molecular weight excluding hydrogens is 302 g/mol. The van der Waals surface area contributed by atoms with E-state index in [9.17, 15) is 5.11 Å². The molecule has 23 heavy (non-hydrogen) atoms. The predicted molar refractivity (Wildman–Crippen MR) is 98.3 cm³/mol. The second-order valence-electron chi connectivity index (χ2n) is 7.15. The fraction of sp³-hybridized carbons (Fsp3) is 0.500. The molecule has 0 spiro atoms. The Morgan fingerprint density at radius 1 is 1.35 bits per heavy atom. The summed E-state index contributed by atoms with van der Waals surface area (Å²) in [5.74, 6) is 0.980. The molecule has 2 aromatic rings. The van der Waals surface area contributed by atoms with Gasteiger partial charge in [0.2, 0.25) is 0 Å². The van der Waals surface area contributed by atoms with Crippen molar-refractivity contribution in [2.75, 3.05) is 19.6 Å². The number of piperidine rings is 1. The normalized spacial score (nSPS) is 25.6. The lowest BCUT2D eigenvalue weighted by molar-refractivity contribution is 0.110. The molecular formula is C20H27NOS. The van der Waals surface area contributed by atoms with Crippen molar-refractivity contribution in [3.8, 4) is 5.75 Å². The Morgan fingerprint density at radius 3 is 2.91 bits per heavy atom. The van der Waals surface area contributed by atoms with Crippen LogP contribution >= 0.6 is 11.3 Å². The minimum absolute atomic E-state index is 0.169. The van der Waals surface area contributed by atoms with E-state index >= 15 is 0 Å². The zero-order valence-electron chi connectivity index (χ0n) is 14.2. The molecule has 0 bridgehead atoms. The van der Waals surface area contributed by atoms with Crippen LogP contribution in [-0.2, 0) is 11.8 Å². The first-order valence-electron chi connectivity index (χ1n) is 8.61. The van der Waals surface area contributed by atoms with E-state index in [0.29, 0.717) is 11.7 Å². The quantitative estimate of drug-likeness (QED) is 0.860. The molecule has 1 aliphatic heterocycles. The van der Waals surface area contributed by atoms with Crippen LogP contribution in [0.15, 0.2) is 41.1 Å². The van der Waals surface area contributed by atoms with Crippen LogP contribution in [0.5, 0.6) is 5.75 Å². The molecule has 0 amide bonds. The Labute approximate surface area is 143 Å². The predicted octanol–water partition coefficient (Wildman–Crippen LogP) is 4.69. The van der Waals surface area contributed by atoms with Gasteiger partial charge >= 0.3 is 0 Å². The van der Waals surface area contributed by atoms with Crippen LogP contribution in [0, 0.1) is 5.92 Å². The minimum atomic E-state index is 0.169. The van der Waals surface area contributed by atoms with Gasteiger partial charge in [0.05, 0.1) is 0 Å². The molecule has 0 radical (unpaired) electrons. The molecule has 0 unspecified atom stereocenters. The summed E-state index contributed by atoms with van der Waals surface area (Å²) in [6.45, 7) is 8.20. The molecule has 3 heteroatoms. The van der Waals surface area contributed by atoms with Gasteiger partial charge in [0, 0.05) is 6.54 Å². The summed E-state index contributed by atoms with van der Waals surface area (Å²) in [6, 6.07) is 10.1. The topological polar surface area (TPSA) is 23.5 Å². The van der Waals surface area contributed by atoms with E-state index in [4.69, 9.17) is 0 Å². The summed E-state index contributed by atoms with van der Waals surface area (Å²) < 4.78 is 0. The Balaban J connectivity index is 1.56. The maximum Gasteiger partial charge on any atom is 0.115 e. The molecule has 2 heterocycles. The zero-order valence-corrected chi connectivity index (χ0v) is 15.0. The van der Waals surface area contributed by atoms with Gasteiger partial charge in [-0.3, -0.25) is 0 Å². The van der Waals surface area contributed by atoms with Crippen molar-refractivity contribution in [1.82, 2.24) is 4.90 Å². The molecule has 2 atom stereocenters. The van der Waals surface area contributed by atoms with Crippen molar-refractivity contribution in [1.29, 1.82) is 0 Å². The number of benzene rings is 1. The van der Waals surface area contributed by atoms with Crippen LogP contribution in [0.4, 0.5) is 0 Å². The smallest absolute Gasteiger partial charge is 0.115 e. The summed E-state index contributed by atoms with van der Waals surface area (Å²) in [5, 5.41) is 14.2. The molecule has 1 aromatic carbocycles. The molecule has 0 saturated carbocycles. The number of aromatic hydroxyl groups is 1. The summed E-state index contributed by atoms with van der Waals surface area (Å²) in [6.07, 6.45) is 3.60. The van der Waals surface area contributed by atoms with Gasteiger partial charge in [-0.15, -0.1) is 0 Å². The fourth-order valence-corrected chi connectivity index (χ4v) is 4.45.